The fourth-order valence-corrected chi connectivity index (χ4v) is 4.41. The molecule has 0 amide bonds. The van der Waals surface area contributed by atoms with Crippen molar-refractivity contribution < 1.29 is 4.42 Å². The second-order valence-corrected chi connectivity index (χ2v) is 8.20. The van der Waals surface area contributed by atoms with Crippen LogP contribution in [0.5, 0.6) is 0 Å². The summed E-state index contributed by atoms with van der Waals surface area (Å²) in [4.78, 5) is 7.01. The van der Waals surface area contributed by atoms with E-state index < -0.39 is 0 Å². The third kappa shape index (κ3) is 4.51. The maximum absolute atomic E-state index is 5.87. The van der Waals surface area contributed by atoms with Crippen molar-refractivity contribution in [3.63, 3.8) is 0 Å². The van der Waals surface area contributed by atoms with Gasteiger partial charge in [-0.25, -0.2) is 4.98 Å². The first-order valence-electron chi connectivity index (χ1n) is 10.5. The number of rotatable bonds is 8. The molecule has 0 aliphatic rings. The number of hydrogen-bond donors (Lipinski definition) is 0. The van der Waals surface area contributed by atoms with Crippen molar-refractivity contribution in [2.24, 2.45) is 7.05 Å². The zero-order valence-electron chi connectivity index (χ0n) is 18.4. The molecule has 4 aromatic rings. The fraction of sp³-hybridized carbons (Fsp3) is 0.292. The maximum Gasteiger partial charge on any atom is 0.226 e. The average molecular weight is 434 g/mol. The lowest BCUT2D eigenvalue weighted by Crippen LogP contribution is -2.21. The van der Waals surface area contributed by atoms with Gasteiger partial charge in [-0.2, -0.15) is 0 Å². The number of thioether (sulfide) groups is 1. The van der Waals surface area contributed by atoms with Crippen molar-refractivity contribution in [3.8, 4) is 22.8 Å². The normalized spacial score (nSPS) is 11.1. The van der Waals surface area contributed by atoms with Gasteiger partial charge in [-0.15, -0.1) is 10.2 Å². The van der Waals surface area contributed by atoms with Gasteiger partial charge in [-0.1, -0.05) is 30.0 Å². The monoisotopic (exact) mass is 433 g/mol. The van der Waals surface area contributed by atoms with Crippen LogP contribution in [0.4, 0.5) is 5.69 Å². The highest BCUT2D eigenvalue weighted by Crippen LogP contribution is 2.29. The highest BCUT2D eigenvalue weighted by atomic mass is 32.2. The van der Waals surface area contributed by atoms with E-state index in [9.17, 15) is 0 Å². The van der Waals surface area contributed by atoms with Crippen molar-refractivity contribution in [1.82, 2.24) is 19.7 Å². The Bertz CT molecular complexity index is 1130. The van der Waals surface area contributed by atoms with Crippen molar-refractivity contribution in [2.45, 2.75) is 31.7 Å². The molecule has 6 nitrogen and oxygen atoms in total. The summed E-state index contributed by atoms with van der Waals surface area (Å²) in [6.45, 7) is 8.28. The molecule has 2 heterocycles. The summed E-state index contributed by atoms with van der Waals surface area (Å²) in [6.07, 6.45) is 0. The summed E-state index contributed by atoms with van der Waals surface area (Å²) in [5.74, 6) is 3.02. The molecule has 0 bridgehead atoms. The Labute approximate surface area is 187 Å². The Morgan fingerprint density at radius 3 is 2.32 bits per heavy atom. The van der Waals surface area contributed by atoms with Gasteiger partial charge in [0.05, 0.1) is 5.69 Å². The summed E-state index contributed by atoms with van der Waals surface area (Å²) in [7, 11) is 2.00. The minimum absolute atomic E-state index is 0.653. The maximum atomic E-state index is 5.87. The molecule has 0 saturated carbocycles. The number of aryl methyl sites for hydroxylation is 1. The van der Waals surface area contributed by atoms with Crippen LogP contribution in [0.25, 0.3) is 22.8 Å². The summed E-state index contributed by atoms with van der Waals surface area (Å²) < 4.78 is 7.90. The summed E-state index contributed by atoms with van der Waals surface area (Å²) in [5, 5.41) is 9.68. The molecule has 0 unspecified atom stereocenters. The molecule has 0 atom stereocenters. The molecule has 0 fully saturated rings. The molecule has 31 heavy (non-hydrogen) atoms. The topological polar surface area (TPSA) is 60.0 Å². The van der Waals surface area contributed by atoms with Gasteiger partial charge in [0.2, 0.25) is 5.89 Å². The van der Waals surface area contributed by atoms with Crippen molar-refractivity contribution in [1.29, 1.82) is 0 Å². The SMILES string of the molecule is CCN(CC)c1ccc(-c2nnc(SCc3nc(-c4ccccc4)oc3C)n2C)cc1. The lowest BCUT2D eigenvalue weighted by Gasteiger charge is -2.21. The Morgan fingerprint density at radius 2 is 1.65 bits per heavy atom. The molecular weight excluding hydrogens is 406 g/mol. The molecule has 0 radical (unpaired) electrons. The number of benzene rings is 2. The first-order valence-corrected chi connectivity index (χ1v) is 11.5. The first kappa shape index (κ1) is 21.2. The Kier molecular flexibility index (Phi) is 6.42. The van der Waals surface area contributed by atoms with E-state index in [0.717, 1.165) is 46.7 Å². The smallest absolute Gasteiger partial charge is 0.226 e. The van der Waals surface area contributed by atoms with Gasteiger partial charge < -0.3 is 13.9 Å². The summed E-state index contributed by atoms with van der Waals surface area (Å²) >= 11 is 1.61. The third-order valence-electron chi connectivity index (χ3n) is 5.34. The number of oxazole rings is 1. The van der Waals surface area contributed by atoms with Gasteiger partial charge in [-0.3, -0.25) is 0 Å². The van der Waals surface area contributed by atoms with Crippen LogP contribution in [0.15, 0.2) is 64.2 Å². The van der Waals surface area contributed by atoms with Gasteiger partial charge in [-0.05, 0) is 57.2 Å². The molecule has 4 rings (SSSR count). The van der Waals surface area contributed by atoms with E-state index in [0.29, 0.717) is 11.6 Å². The zero-order valence-corrected chi connectivity index (χ0v) is 19.2. The van der Waals surface area contributed by atoms with Crippen LogP contribution in [-0.4, -0.2) is 32.8 Å². The van der Waals surface area contributed by atoms with E-state index in [4.69, 9.17) is 4.42 Å². The zero-order chi connectivity index (χ0) is 21.8. The molecule has 2 aromatic carbocycles. The largest absolute Gasteiger partial charge is 0.441 e. The molecule has 0 spiro atoms. The van der Waals surface area contributed by atoms with Gasteiger partial charge >= 0.3 is 0 Å². The minimum Gasteiger partial charge on any atom is -0.441 e. The van der Waals surface area contributed by atoms with Crippen LogP contribution in [0.1, 0.15) is 25.3 Å². The number of aromatic nitrogens is 4. The van der Waals surface area contributed by atoms with Crippen LogP contribution in [0.2, 0.25) is 0 Å². The van der Waals surface area contributed by atoms with Crippen LogP contribution >= 0.6 is 11.8 Å². The Hall–Kier alpha value is -3.06. The van der Waals surface area contributed by atoms with E-state index in [1.807, 2.05) is 48.9 Å². The standard InChI is InChI=1S/C24H27N5OS/c1-5-29(6-2)20-14-12-18(13-15-20)22-26-27-24(28(22)4)31-16-21-17(3)30-23(25-21)19-10-8-7-9-11-19/h7-15H,5-6,16H2,1-4H3. The van der Waals surface area contributed by atoms with Crippen molar-refractivity contribution in [3.05, 3.63) is 66.1 Å². The summed E-state index contributed by atoms with van der Waals surface area (Å²) in [5.41, 5.74) is 4.19. The molecule has 160 valence electrons. The lowest BCUT2D eigenvalue weighted by molar-refractivity contribution is 0.540. The highest BCUT2D eigenvalue weighted by molar-refractivity contribution is 7.98. The molecule has 2 aromatic heterocycles. The van der Waals surface area contributed by atoms with Crippen molar-refractivity contribution >= 4 is 17.4 Å². The fourth-order valence-electron chi connectivity index (χ4n) is 3.50. The molecule has 0 N–H and O–H groups in total. The minimum atomic E-state index is 0.653. The van der Waals surface area contributed by atoms with Crippen LogP contribution in [0.3, 0.4) is 0 Å². The molecule has 0 aliphatic heterocycles. The van der Waals surface area contributed by atoms with Gasteiger partial charge in [0.1, 0.15) is 5.76 Å². The molecule has 0 saturated heterocycles. The Balaban J connectivity index is 1.48. The first-order chi connectivity index (χ1) is 15.1. The van der Waals surface area contributed by atoms with Crippen molar-refractivity contribution in [2.75, 3.05) is 18.0 Å². The van der Waals surface area contributed by atoms with Gasteiger partial charge in [0, 0.05) is 42.7 Å². The highest BCUT2D eigenvalue weighted by Gasteiger charge is 2.15. The van der Waals surface area contributed by atoms with Gasteiger partial charge in [0.15, 0.2) is 11.0 Å². The van der Waals surface area contributed by atoms with E-state index >= 15 is 0 Å². The quantitative estimate of drug-likeness (QED) is 0.338. The number of anilines is 1. The lowest BCUT2D eigenvalue weighted by atomic mass is 10.2. The molecule has 0 aliphatic carbocycles. The van der Waals surface area contributed by atoms with Crippen LogP contribution < -0.4 is 4.90 Å². The second-order valence-electron chi connectivity index (χ2n) is 7.26. The van der Waals surface area contributed by atoms with Gasteiger partial charge in [0.25, 0.3) is 0 Å². The van der Waals surface area contributed by atoms with E-state index in [1.54, 1.807) is 11.8 Å². The van der Waals surface area contributed by atoms with E-state index in [2.05, 4.69) is 58.2 Å². The molecule has 7 heteroatoms. The Morgan fingerprint density at radius 1 is 0.935 bits per heavy atom. The number of nitrogens with zero attached hydrogens (tertiary/aromatic N) is 5. The third-order valence-corrected chi connectivity index (χ3v) is 6.37. The van der Waals surface area contributed by atoms with E-state index in [1.165, 1.54) is 5.69 Å². The van der Waals surface area contributed by atoms with E-state index in [-0.39, 0.29) is 0 Å². The van der Waals surface area contributed by atoms with Crippen LogP contribution in [-0.2, 0) is 12.8 Å². The predicted molar refractivity (Wildman–Crippen MR) is 126 cm³/mol. The average Bonchev–Trinajstić information content (AvgIpc) is 3.36. The molecular formula is C24H27N5OS. The van der Waals surface area contributed by atoms with Crippen LogP contribution in [0, 0.1) is 6.92 Å². The predicted octanol–water partition coefficient (Wildman–Crippen LogP) is 5.58. The summed E-state index contributed by atoms with van der Waals surface area (Å²) in [6, 6.07) is 18.5. The number of hydrogen-bond acceptors (Lipinski definition) is 6. The second kappa shape index (κ2) is 9.39.